The molecule has 1 aromatic rings. The van der Waals surface area contributed by atoms with Crippen LogP contribution in [0.5, 0.6) is 0 Å². The molecule has 0 aromatic carbocycles. The van der Waals surface area contributed by atoms with Gasteiger partial charge in [-0.05, 0) is 18.6 Å². The highest BCUT2D eigenvalue weighted by Crippen LogP contribution is 2.26. The average molecular weight is 197 g/mol. The zero-order chi connectivity index (χ0) is 9.26. The van der Waals surface area contributed by atoms with Crippen LogP contribution >= 0.6 is 11.8 Å². The molecule has 5 heteroatoms. The number of aromatic nitrogens is 2. The first-order valence-electron chi connectivity index (χ1n) is 4.27. The van der Waals surface area contributed by atoms with Crippen LogP contribution in [0, 0.1) is 0 Å². The highest BCUT2D eigenvalue weighted by Gasteiger charge is 2.12. The molecule has 2 heterocycles. The quantitative estimate of drug-likeness (QED) is 0.622. The second-order valence-electron chi connectivity index (χ2n) is 3.02. The normalized spacial score (nSPS) is 16.3. The van der Waals surface area contributed by atoms with Crippen LogP contribution in [0.1, 0.15) is 12.8 Å². The molecule has 2 rings (SSSR count). The summed E-state index contributed by atoms with van der Waals surface area (Å²) >= 11 is 1.65. The van der Waals surface area contributed by atoms with Gasteiger partial charge in [0.25, 0.3) is 5.56 Å². The Morgan fingerprint density at radius 3 is 3.23 bits per heavy atom. The second-order valence-corrected chi connectivity index (χ2v) is 4.10. The summed E-state index contributed by atoms with van der Waals surface area (Å²) in [7, 11) is 0. The van der Waals surface area contributed by atoms with Gasteiger partial charge in [0, 0.05) is 6.54 Å². The minimum atomic E-state index is -0.305. The second kappa shape index (κ2) is 3.41. The lowest BCUT2D eigenvalue weighted by atomic mass is 10.3. The van der Waals surface area contributed by atoms with Crippen LogP contribution in [0.3, 0.4) is 0 Å². The standard InChI is InChI=1S/C8H11N3OS/c9-6-7(12)10-5-11-3-1-2-4-13-8(6)11/h5H,1-4,9H2. The van der Waals surface area contributed by atoms with Gasteiger partial charge in [-0.25, -0.2) is 0 Å². The van der Waals surface area contributed by atoms with Gasteiger partial charge in [-0.3, -0.25) is 4.79 Å². The van der Waals surface area contributed by atoms with E-state index >= 15 is 0 Å². The van der Waals surface area contributed by atoms with Gasteiger partial charge in [0.1, 0.15) is 10.7 Å². The Balaban J connectivity index is 2.54. The molecule has 0 saturated heterocycles. The van der Waals surface area contributed by atoms with Crippen molar-refractivity contribution in [3.8, 4) is 0 Å². The molecule has 0 bridgehead atoms. The molecule has 0 saturated carbocycles. The van der Waals surface area contributed by atoms with Crippen molar-refractivity contribution in [1.82, 2.24) is 9.55 Å². The molecule has 0 radical (unpaired) electrons. The number of hydrogen-bond acceptors (Lipinski definition) is 4. The molecular formula is C8H11N3OS. The fraction of sp³-hybridized carbons (Fsp3) is 0.500. The minimum Gasteiger partial charge on any atom is -0.392 e. The lowest BCUT2D eigenvalue weighted by Crippen LogP contribution is -2.17. The first kappa shape index (κ1) is 8.62. The number of hydrogen-bond donors (Lipinski definition) is 1. The maximum absolute atomic E-state index is 11.1. The number of fused-ring (bicyclic) bond motifs is 1. The van der Waals surface area contributed by atoms with Crippen molar-refractivity contribution < 1.29 is 0 Å². The van der Waals surface area contributed by atoms with Gasteiger partial charge in [0.05, 0.1) is 6.33 Å². The van der Waals surface area contributed by atoms with Crippen molar-refractivity contribution in [3.63, 3.8) is 0 Å². The first-order valence-corrected chi connectivity index (χ1v) is 5.25. The van der Waals surface area contributed by atoms with E-state index in [4.69, 9.17) is 5.73 Å². The predicted octanol–water partition coefficient (Wildman–Crippen LogP) is 0.711. The van der Waals surface area contributed by atoms with Crippen molar-refractivity contribution in [3.05, 3.63) is 16.7 Å². The van der Waals surface area contributed by atoms with Crippen LogP contribution in [0.25, 0.3) is 0 Å². The topological polar surface area (TPSA) is 60.9 Å². The van der Waals surface area contributed by atoms with E-state index in [1.54, 1.807) is 18.1 Å². The van der Waals surface area contributed by atoms with Crippen molar-refractivity contribution in [2.24, 2.45) is 0 Å². The van der Waals surface area contributed by atoms with E-state index in [1.807, 2.05) is 4.57 Å². The number of aryl methyl sites for hydroxylation is 1. The van der Waals surface area contributed by atoms with Gasteiger partial charge in [-0.1, -0.05) is 0 Å². The van der Waals surface area contributed by atoms with Gasteiger partial charge >= 0.3 is 0 Å². The summed E-state index contributed by atoms with van der Waals surface area (Å²) < 4.78 is 1.97. The number of anilines is 1. The van der Waals surface area contributed by atoms with E-state index in [0.717, 1.165) is 23.7 Å². The predicted molar refractivity (Wildman–Crippen MR) is 52.9 cm³/mol. The summed E-state index contributed by atoms with van der Waals surface area (Å²) in [6.07, 6.45) is 3.89. The molecule has 0 fully saturated rings. The Bertz CT molecular complexity index is 374. The van der Waals surface area contributed by atoms with E-state index in [-0.39, 0.29) is 5.56 Å². The van der Waals surface area contributed by atoms with Crippen molar-refractivity contribution in [2.75, 3.05) is 11.5 Å². The number of thioether (sulfide) groups is 1. The smallest absolute Gasteiger partial charge is 0.296 e. The summed E-state index contributed by atoms with van der Waals surface area (Å²) in [5.74, 6) is 1.04. The first-order chi connectivity index (χ1) is 6.29. The Hall–Kier alpha value is -0.970. The Kier molecular flexibility index (Phi) is 2.26. The van der Waals surface area contributed by atoms with E-state index in [9.17, 15) is 4.79 Å². The SMILES string of the molecule is Nc1c2n(cnc1=O)CCCCS2. The van der Waals surface area contributed by atoms with Gasteiger partial charge < -0.3 is 10.3 Å². The van der Waals surface area contributed by atoms with E-state index in [1.165, 1.54) is 6.42 Å². The molecule has 0 spiro atoms. The molecule has 0 aliphatic carbocycles. The summed E-state index contributed by atoms with van der Waals surface area (Å²) in [5, 5.41) is 0.887. The molecular weight excluding hydrogens is 186 g/mol. The Labute approximate surface area is 80.2 Å². The fourth-order valence-corrected chi connectivity index (χ4v) is 2.45. The fourth-order valence-electron chi connectivity index (χ4n) is 1.36. The lowest BCUT2D eigenvalue weighted by Gasteiger charge is -2.09. The summed E-state index contributed by atoms with van der Waals surface area (Å²) in [4.78, 5) is 14.8. The summed E-state index contributed by atoms with van der Waals surface area (Å²) in [6.45, 7) is 0.916. The molecule has 0 amide bonds. The summed E-state index contributed by atoms with van der Waals surface area (Å²) in [6, 6.07) is 0. The Morgan fingerprint density at radius 2 is 2.38 bits per heavy atom. The molecule has 70 valence electrons. The highest BCUT2D eigenvalue weighted by atomic mass is 32.2. The zero-order valence-electron chi connectivity index (χ0n) is 7.19. The number of rotatable bonds is 0. The van der Waals surface area contributed by atoms with E-state index < -0.39 is 0 Å². The largest absolute Gasteiger partial charge is 0.392 e. The maximum atomic E-state index is 11.1. The Morgan fingerprint density at radius 1 is 1.54 bits per heavy atom. The monoisotopic (exact) mass is 197 g/mol. The molecule has 1 aliphatic heterocycles. The van der Waals surface area contributed by atoms with E-state index in [0.29, 0.717) is 5.69 Å². The van der Waals surface area contributed by atoms with Crippen molar-refractivity contribution >= 4 is 17.4 Å². The maximum Gasteiger partial charge on any atom is 0.296 e. The van der Waals surface area contributed by atoms with Gasteiger partial charge in [0.15, 0.2) is 0 Å². The molecule has 1 aliphatic rings. The molecule has 4 nitrogen and oxygen atoms in total. The lowest BCUT2D eigenvalue weighted by molar-refractivity contribution is 0.591. The zero-order valence-corrected chi connectivity index (χ0v) is 8.01. The van der Waals surface area contributed by atoms with Crippen LogP contribution in [0.4, 0.5) is 5.69 Å². The van der Waals surface area contributed by atoms with Gasteiger partial charge in [-0.15, -0.1) is 11.8 Å². The number of nitrogens with zero attached hydrogens (tertiary/aromatic N) is 2. The molecule has 1 aromatic heterocycles. The third kappa shape index (κ3) is 1.56. The van der Waals surface area contributed by atoms with Crippen LogP contribution in [-0.2, 0) is 6.54 Å². The van der Waals surface area contributed by atoms with Gasteiger partial charge in [0.2, 0.25) is 0 Å². The van der Waals surface area contributed by atoms with Gasteiger partial charge in [-0.2, -0.15) is 4.98 Å². The third-order valence-electron chi connectivity index (χ3n) is 2.07. The van der Waals surface area contributed by atoms with Crippen LogP contribution in [-0.4, -0.2) is 15.3 Å². The van der Waals surface area contributed by atoms with E-state index in [2.05, 4.69) is 4.98 Å². The molecule has 0 atom stereocenters. The van der Waals surface area contributed by atoms with Crippen LogP contribution in [0.2, 0.25) is 0 Å². The summed E-state index contributed by atoms with van der Waals surface area (Å²) in [5.41, 5.74) is 5.65. The van der Waals surface area contributed by atoms with Crippen LogP contribution in [0.15, 0.2) is 16.1 Å². The molecule has 13 heavy (non-hydrogen) atoms. The molecule has 0 unspecified atom stereocenters. The third-order valence-corrected chi connectivity index (χ3v) is 3.29. The van der Waals surface area contributed by atoms with Crippen molar-refractivity contribution in [2.45, 2.75) is 24.4 Å². The average Bonchev–Trinajstić information content (AvgIpc) is 2.36. The highest BCUT2D eigenvalue weighted by molar-refractivity contribution is 7.99. The minimum absolute atomic E-state index is 0.300. The number of nitrogens with two attached hydrogens (primary N) is 1. The van der Waals surface area contributed by atoms with Crippen LogP contribution < -0.4 is 11.3 Å². The number of nitrogen functional groups attached to an aromatic ring is 1. The molecule has 2 N–H and O–H groups in total. The van der Waals surface area contributed by atoms with Crippen molar-refractivity contribution in [1.29, 1.82) is 0 Å².